The molecule has 0 bridgehead atoms. The molecule has 0 unspecified atom stereocenters. The van der Waals surface area contributed by atoms with E-state index in [9.17, 15) is 18.0 Å². The monoisotopic (exact) mass is 557 g/mol. The number of aryl methyl sites for hydroxylation is 1. The van der Waals surface area contributed by atoms with Crippen molar-refractivity contribution in [3.05, 3.63) is 41.6 Å². The van der Waals surface area contributed by atoms with Crippen LogP contribution >= 0.6 is 0 Å². The molecule has 2 aromatic rings. The second-order valence-electron chi connectivity index (χ2n) is 11.4. The van der Waals surface area contributed by atoms with E-state index in [0.29, 0.717) is 18.5 Å². The molecular formula is C27H39N7O4S. The van der Waals surface area contributed by atoms with Gasteiger partial charge >= 0.3 is 6.03 Å². The van der Waals surface area contributed by atoms with Crippen molar-refractivity contribution < 1.29 is 18.0 Å². The molecule has 12 heteroatoms. The van der Waals surface area contributed by atoms with Gasteiger partial charge in [0.1, 0.15) is 0 Å². The molecule has 1 N–H and O–H groups in total. The number of likely N-dealkylation sites (tertiary alicyclic amines) is 1. The first-order chi connectivity index (χ1) is 18.5. The predicted molar refractivity (Wildman–Crippen MR) is 150 cm³/mol. The van der Waals surface area contributed by atoms with Crippen LogP contribution in [0.1, 0.15) is 37.3 Å². The molecule has 3 aliphatic heterocycles. The summed E-state index contributed by atoms with van der Waals surface area (Å²) in [5, 5.41) is 4.07. The molecule has 212 valence electrons. The van der Waals surface area contributed by atoms with E-state index in [1.165, 1.54) is 40.2 Å². The number of aromatic nitrogens is 2. The predicted octanol–water partition coefficient (Wildman–Crippen LogP) is 2.19. The van der Waals surface area contributed by atoms with Gasteiger partial charge in [0.2, 0.25) is 15.9 Å². The van der Waals surface area contributed by atoms with Crippen LogP contribution in [0.5, 0.6) is 0 Å². The molecular weight excluding hydrogens is 518 g/mol. The van der Waals surface area contributed by atoms with E-state index in [-0.39, 0.29) is 17.8 Å². The normalized spacial score (nSPS) is 20.0. The summed E-state index contributed by atoms with van der Waals surface area (Å²) in [6.07, 6.45) is 5.84. The first kappa shape index (κ1) is 27.4. The highest BCUT2D eigenvalue weighted by atomic mass is 32.2. The zero-order valence-electron chi connectivity index (χ0n) is 23.1. The lowest BCUT2D eigenvalue weighted by Gasteiger charge is -2.39. The third kappa shape index (κ3) is 6.38. The van der Waals surface area contributed by atoms with Crippen LogP contribution in [0.4, 0.5) is 16.3 Å². The number of nitrogens with zero attached hydrogens (tertiary/aromatic N) is 6. The number of carbonyl (C=O) groups excluding carboxylic acids is 2. The van der Waals surface area contributed by atoms with Gasteiger partial charge in [-0.15, -0.1) is 5.10 Å². The van der Waals surface area contributed by atoms with E-state index in [4.69, 9.17) is 0 Å². The SMILES string of the molecule is CC(=O)N1CCC2(CC1)CCN(c1cc(C)ccc1CN1CCN(C(=O)n3ccc(NS(C)(=O)=O)n3)CC1)C2. The molecule has 0 atom stereocenters. The molecule has 11 nitrogen and oxygen atoms in total. The van der Waals surface area contributed by atoms with Gasteiger partial charge in [-0.3, -0.25) is 14.4 Å². The van der Waals surface area contributed by atoms with E-state index >= 15 is 0 Å². The van der Waals surface area contributed by atoms with Crippen molar-refractivity contribution in [1.29, 1.82) is 0 Å². The van der Waals surface area contributed by atoms with E-state index in [1.54, 1.807) is 11.8 Å². The second kappa shape index (κ2) is 10.8. The molecule has 1 aromatic carbocycles. The van der Waals surface area contributed by atoms with Gasteiger partial charge in [0.15, 0.2) is 5.82 Å². The maximum atomic E-state index is 12.9. The Hall–Kier alpha value is -3.12. The highest BCUT2D eigenvalue weighted by molar-refractivity contribution is 7.92. The van der Waals surface area contributed by atoms with Crippen LogP contribution in [0.25, 0.3) is 0 Å². The summed E-state index contributed by atoms with van der Waals surface area (Å²) in [6, 6.07) is 7.94. The third-order valence-corrected chi connectivity index (χ3v) is 8.98. The Balaban J connectivity index is 1.19. The number of piperazine rings is 1. The van der Waals surface area contributed by atoms with Crippen molar-refractivity contribution >= 4 is 33.5 Å². The summed E-state index contributed by atoms with van der Waals surface area (Å²) < 4.78 is 26.3. The molecule has 1 aromatic heterocycles. The molecule has 4 heterocycles. The number of hydrogen-bond donors (Lipinski definition) is 1. The third-order valence-electron chi connectivity index (χ3n) is 8.40. The van der Waals surface area contributed by atoms with Crippen molar-refractivity contribution in [3.8, 4) is 0 Å². The van der Waals surface area contributed by atoms with Crippen LogP contribution in [0.15, 0.2) is 30.5 Å². The molecule has 5 rings (SSSR count). The van der Waals surface area contributed by atoms with Crippen LogP contribution in [0, 0.1) is 12.3 Å². The number of sulfonamides is 1. The summed E-state index contributed by atoms with van der Waals surface area (Å²) in [7, 11) is -3.45. The minimum absolute atomic E-state index is 0.129. The maximum absolute atomic E-state index is 12.9. The molecule has 0 aliphatic carbocycles. The summed E-state index contributed by atoms with van der Waals surface area (Å²) >= 11 is 0. The van der Waals surface area contributed by atoms with Gasteiger partial charge in [-0.1, -0.05) is 12.1 Å². The van der Waals surface area contributed by atoms with Crippen molar-refractivity contribution in [2.45, 2.75) is 39.7 Å². The van der Waals surface area contributed by atoms with Gasteiger partial charge < -0.3 is 14.7 Å². The number of carbonyl (C=O) groups is 2. The molecule has 3 saturated heterocycles. The largest absolute Gasteiger partial charge is 0.371 e. The second-order valence-corrected chi connectivity index (χ2v) is 13.1. The van der Waals surface area contributed by atoms with E-state index < -0.39 is 10.0 Å². The molecule has 0 saturated carbocycles. The number of rotatable bonds is 5. The Morgan fingerprint density at radius 3 is 2.33 bits per heavy atom. The highest BCUT2D eigenvalue weighted by Crippen LogP contribution is 2.43. The summed E-state index contributed by atoms with van der Waals surface area (Å²) in [5.41, 5.74) is 4.16. The number of hydrogen-bond acceptors (Lipinski definition) is 7. The average molecular weight is 558 g/mol. The zero-order valence-corrected chi connectivity index (χ0v) is 23.9. The van der Waals surface area contributed by atoms with Crippen LogP contribution in [0.2, 0.25) is 0 Å². The maximum Gasteiger partial charge on any atom is 0.344 e. The summed E-state index contributed by atoms with van der Waals surface area (Å²) in [5.74, 6) is 0.310. The van der Waals surface area contributed by atoms with Gasteiger partial charge in [0.25, 0.3) is 0 Å². The van der Waals surface area contributed by atoms with Crippen molar-refractivity contribution in [3.63, 3.8) is 0 Å². The topological polar surface area (TPSA) is 111 Å². The number of piperidine rings is 1. The minimum atomic E-state index is -3.45. The Bertz CT molecular complexity index is 1330. The van der Waals surface area contributed by atoms with Crippen molar-refractivity contribution in [1.82, 2.24) is 24.5 Å². The molecule has 2 amide bonds. The van der Waals surface area contributed by atoms with E-state index in [2.05, 4.69) is 44.7 Å². The van der Waals surface area contributed by atoms with Gasteiger partial charge in [-0.2, -0.15) is 4.68 Å². The van der Waals surface area contributed by atoms with E-state index in [0.717, 1.165) is 64.9 Å². The Labute approximate surface area is 230 Å². The first-order valence-electron chi connectivity index (χ1n) is 13.7. The van der Waals surface area contributed by atoms with Crippen molar-refractivity contribution in [2.24, 2.45) is 5.41 Å². The smallest absolute Gasteiger partial charge is 0.344 e. The van der Waals surface area contributed by atoms with Gasteiger partial charge in [0.05, 0.1) is 6.26 Å². The lowest BCUT2D eigenvalue weighted by atomic mass is 9.78. The van der Waals surface area contributed by atoms with Crippen LogP contribution < -0.4 is 9.62 Å². The Morgan fingerprint density at radius 2 is 1.67 bits per heavy atom. The number of anilines is 2. The lowest BCUT2D eigenvalue weighted by molar-refractivity contribution is -0.130. The van der Waals surface area contributed by atoms with Gasteiger partial charge in [0, 0.05) is 83.8 Å². The molecule has 1 spiro atoms. The molecule has 3 aliphatic rings. The highest BCUT2D eigenvalue weighted by Gasteiger charge is 2.41. The molecule has 0 radical (unpaired) electrons. The lowest BCUT2D eigenvalue weighted by Crippen LogP contribution is -2.49. The van der Waals surface area contributed by atoms with Gasteiger partial charge in [-0.25, -0.2) is 13.2 Å². The molecule has 3 fully saturated rings. The summed E-state index contributed by atoms with van der Waals surface area (Å²) in [6.45, 7) is 11.1. The first-order valence-corrected chi connectivity index (χ1v) is 15.5. The van der Waals surface area contributed by atoms with Gasteiger partial charge in [-0.05, 0) is 48.8 Å². The van der Waals surface area contributed by atoms with Crippen molar-refractivity contribution in [2.75, 3.05) is 68.2 Å². The number of benzene rings is 1. The molecule has 39 heavy (non-hydrogen) atoms. The minimum Gasteiger partial charge on any atom is -0.371 e. The fraction of sp³-hybridized carbons (Fsp3) is 0.593. The van der Waals surface area contributed by atoms with E-state index in [1.807, 2.05) is 4.90 Å². The number of nitrogens with one attached hydrogen (secondary N) is 1. The summed E-state index contributed by atoms with van der Waals surface area (Å²) in [4.78, 5) is 33.4. The fourth-order valence-electron chi connectivity index (χ4n) is 6.10. The van der Waals surface area contributed by atoms with Crippen LogP contribution in [0.3, 0.4) is 0 Å². The average Bonchev–Trinajstić information content (AvgIpc) is 3.52. The zero-order chi connectivity index (χ0) is 27.8. The standard InChI is InChI=1S/C27H39N7O4S/c1-21-4-5-23(24(18-21)33-13-9-27(20-33)7-11-31(12-8-27)22(2)35)19-30-14-16-32(17-15-30)26(36)34-10-6-25(28-34)29-39(3,37)38/h4-6,10,18H,7-9,11-17,19-20H2,1-3H3,(H,28,29). The number of amides is 2. The Kier molecular flexibility index (Phi) is 7.60. The quantitative estimate of drug-likeness (QED) is 0.600. The van der Waals surface area contributed by atoms with Crippen LogP contribution in [-0.4, -0.2) is 103 Å². The van der Waals surface area contributed by atoms with Crippen LogP contribution in [-0.2, 0) is 21.4 Å². The fourth-order valence-corrected chi connectivity index (χ4v) is 6.59. The Morgan fingerprint density at radius 1 is 0.974 bits per heavy atom.